The average molecular weight is 562 g/mol. The Morgan fingerprint density at radius 1 is 1.10 bits per heavy atom. The Morgan fingerprint density at radius 2 is 1.77 bits per heavy atom. The number of benzene rings is 2. The van der Waals surface area contributed by atoms with Crippen molar-refractivity contribution in [3.05, 3.63) is 64.5 Å². The maximum absolute atomic E-state index is 14.0. The van der Waals surface area contributed by atoms with Gasteiger partial charge in [-0.25, -0.2) is 17.8 Å². The first-order chi connectivity index (χ1) is 14.1. The zero-order valence-electron chi connectivity index (χ0n) is 18.7. The fraction of sp³-hybridized carbons (Fsp3) is 0.409. The molecule has 0 fully saturated rings. The van der Waals surface area contributed by atoms with E-state index in [1.807, 2.05) is 38.1 Å². The fourth-order valence-corrected chi connectivity index (χ4v) is 4.08. The highest BCUT2D eigenvalue weighted by Gasteiger charge is 2.11. The highest BCUT2D eigenvalue weighted by atomic mass is 127. The van der Waals surface area contributed by atoms with Crippen molar-refractivity contribution in [1.29, 1.82) is 0 Å². The monoisotopic (exact) mass is 562 g/mol. The van der Waals surface area contributed by atoms with Crippen molar-refractivity contribution in [1.82, 2.24) is 15.5 Å². The molecular formula is C22H32FIN4O2S. The van der Waals surface area contributed by atoms with E-state index < -0.39 is 9.84 Å². The third kappa shape index (κ3) is 8.74. The molecule has 0 saturated heterocycles. The molecule has 2 N–H and O–H groups in total. The number of aryl methyl sites for hydroxylation is 1. The van der Waals surface area contributed by atoms with Crippen LogP contribution in [0.2, 0.25) is 0 Å². The van der Waals surface area contributed by atoms with Crippen molar-refractivity contribution >= 4 is 39.8 Å². The summed E-state index contributed by atoms with van der Waals surface area (Å²) in [6.45, 7) is 5.93. The van der Waals surface area contributed by atoms with E-state index in [1.54, 1.807) is 25.1 Å². The van der Waals surface area contributed by atoms with Gasteiger partial charge in [-0.05, 0) is 62.8 Å². The standard InChI is InChI=1S/C22H31FN4O2S.HI/c1-6-24-22(25-13-17-8-10-21(16(2)11-17)30(5,28)29)26-14-18-7-9-20(23)19(12-18)15-27(3)4;/h7-12H,6,13-15H2,1-5H3,(H2,24,25,26);1H. The molecule has 2 aromatic rings. The first-order valence-corrected chi connectivity index (χ1v) is 11.7. The first kappa shape index (κ1) is 27.3. The molecule has 0 heterocycles. The smallest absolute Gasteiger partial charge is 0.191 e. The number of rotatable bonds is 8. The van der Waals surface area contributed by atoms with Crippen molar-refractivity contribution in [3.8, 4) is 0 Å². The third-order valence-electron chi connectivity index (χ3n) is 4.46. The molecule has 0 aliphatic heterocycles. The Morgan fingerprint density at radius 3 is 2.35 bits per heavy atom. The average Bonchev–Trinajstić information content (AvgIpc) is 2.65. The van der Waals surface area contributed by atoms with Crippen molar-refractivity contribution in [2.45, 2.75) is 38.4 Å². The molecule has 0 saturated carbocycles. The van der Waals surface area contributed by atoms with E-state index in [2.05, 4.69) is 15.6 Å². The lowest BCUT2D eigenvalue weighted by Gasteiger charge is -2.14. The van der Waals surface area contributed by atoms with Crippen molar-refractivity contribution < 1.29 is 12.8 Å². The van der Waals surface area contributed by atoms with E-state index in [0.717, 1.165) is 11.1 Å². The molecule has 0 bridgehead atoms. The van der Waals surface area contributed by atoms with Crippen LogP contribution in [-0.4, -0.2) is 46.2 Å². The number of aliphatic imine (C=N–C) groups is 1. The molecule has 0 radical (unpaired) electrons. The lowest BCUT2D eigenvalue weighted by Crippen LogP contribution is -2.36. The van der Waals surface area contributed by atoms with Crippen LogP contribution < -0.4 is 10.6 Å². The van der Waals surface area contributed by atoms with Gasteiger partial charge in [0.15, 0.2) is 15.8 Å². The van der Waals surface area contributed by atoms with Crippen molar-refractivity contribution in [3.63, 3.8) is 0 Å². The van der Waals surface area contributed by atoms with E-state index in [9.17, 15) is 12.8 Å². The van der Waals surface area contributed by atoms with Gasteiger partial charge in [0.05, 0.1) is 11.4 Å². The summed E-state index contributed by atoms with van der Waals surface area (Å²) in [5, 5.41) is 6.46. The summed E-state index contributed by atoms with van der Waals surface area (Å²) in [5.74, 6) is 0.432. The summed E-state index contributed by atoms with van der Waals surface area (Å²) in [4.78, 5) is 6.85. The second kappa shape index (κ2) is 12.4. The minimum absolute atomic E-state index is 0. The Hall–Kier alpha value is -1.72. The second-order valence-electron chi connectivity index (χ2n) is 7.58. The number of nitrogens with zero attached hydrogens (tertiary/aromatic N) is 2. The number of hydrogen-bond donors (Lipinski definition) is 2. The molecule has 0 aromatic heterocycles. The molecule has 0 spiro atoms. The van der Waals surface area contributed by atoms with E-state index in [-0.39, 0.29) is 29.8 Å². The van der Waals surface area contributed by atoms with Crippen LogP contribution in [-0.2, 0) is 29.5 Å². The second-order valence-corrected chi connectivity index (χ2v) is 9.57. The minimum Gasteiger partial charge on any atom is -0.357 e. The predicted octanol–water partition coefficient (Wildman–Crippen LogP) is 3.47. The normalized spacial score (nSPS) is 11.9. The SMILES string of the molecule is CCNC(=NCc1ccc(S(C)(=O)=O)c(C)c1)NCc1ccc(F)c(CN(C)C)c1.I. The molecule has 2 aromatic carbocycles. The zero-order valence-corrected chi connectivity index (χ0v) is 21.8. The molecule has 0 amide bonds. The van der Waals surface area contributed by atoms with Gasteiger partial charge in [-0.15, -0.1) is 24.0 Å². The number of sulfone groups is 1. The molecule has 6 nitrogen and oxygen atoms in total. The van der Waals surface area contributed by atoms with Gasteiger partial charge in [0.25, 0.3) is 0 Å². The van der Waals surface area contributed by atoms with Crippen LogP contribution >= 0.6 is 24.0 Å². The van der Waals surface area contributed by atoms with Gasteiger partial charge in [0, 0.05) is 31.5 Å². The van der Waals surface area contributed by atoms with Crippen LogP contribution in [0.3, 0.4) is 0 Å². The Balaban J connectivity index is 0.00000480. The number of hydrogen-bond acceptors (Lipinski definition) is 4. The van der Waals surface area contributed by atoms with Gasteiger partial charge >= 0.3 is 0 Å². The van der Waals surface area contributed by atoms with Gasteiger partial charge in [-0.1, -0.05) is 18.2 Å². The molecule has 0 atom stereocenters. The molecule has 0 aliphatic rings. The number of nitrogens with one attached hydrogen (secondary N) is 2. The molecular weight excluding hydrogens is 530 g/mol. The van der Waals surface area contributed by atoms with Crippen LogP contribution in [0.4, 0.5) is 4.39 Å². The van der Waals surface area contributed by atoms with Crippen molar-refractivity contribution in [2.75, 3.05) is 26.9 Å². The highest BCUT2D eigenvalue weighted by molar-refractivity contribution is 14.0. The third-order valence-corrected chi connectivity index (χ3v) is 5.72. The molecule has 0 aliphatic carbocycles. The van der Waals surface area contributed by atoms with Gasteiger partial charge in [0.2, 0.25) is 0 Å². The quantitative estimate of drug-likeness (QED) is 0.293. The topological polar surface area (TPSA) is 73.8 Å². The Kier molecular flexibility index (Phi) is 10.9. The van der Waals surface area contributed by atoms with Gasteiger partial charge in [-0.3, -0.25) is 0 Å². The molecule has 31 heavy (non-hydrogen) atoms. The van der Waals surface area contributed by atoms with E-state index in [0.29, 0.717) is 48.2 Å². The predicted molar refractivity (Wildman–Crippen MR) is 135 cm³/mol. The molecule has 9 heteroatoms. The Bertz CT molecular complexity index is 1010. The van der Waals surface area contributed by atoms with Crippen molar-refractivity contribution in [2.24, 2.45) is 4.99 Å². The fourth-order valence-electron chi connectivity index (χ4n) is 3.12. The number of guanidine groups is 1. The summed E-state index contributed by atoms with van der Waals surface area (Å²) in [5.41, 5.74) is 3.25. The summed E-state index contributed by atoms with van der Waals surface area (Å²) >= 11 is 0. The van der Waals surface area contributed by atoms with Crippen LogP contribution in [0.25, 0.3) is 0 Å². The zero-order chi connectivity index (χ0) is 22.3. The minimum atomic E-state index is -3.23. The molecule has 0 unspecified atom stereocenters. The molecule has 2 rings (SSSR count). The van der Waals surface area contributed by atoms with E-state index >= 15 is 0 Å². The summed E-state index contributed by atoms with van der Waals surface area (Å²) in [6.07, 6.45) is 1.21. The van der Waals surface area contributed by atoms with Crippen LogP contribution in [0.1, 0.15) is 29.2 Å². The van der Waals surface area contributed by atoms with Crippen LogP contribution in [0, 0.1) is 12.7 Å². The largest absolute Gasteiger partial charge is 0.357 e. The van der Waals surface area contributed by atoms with E-state index in [4.69, 9.17) is 0 Å². The summed E-state index contributed by atoms with van der Waals surface area (Å²) < 4.78 is 37.5. The van der Waals surface area contributed by atoms with E-state index in [1.165, 1.54) is 12.3 Å². The first-order valence-electron chi connectivity index (χ1n) is 9.84. The van der Waals surface area contributed by atoms with Gasteiger partial charge in [-0.2, -0.15) is 0 Å². The summed E-state index contributed by atoms with van der Waals surface area (Å²) in [7, 11) is 0.580. The molecule has 172 valence electrons. The lowest BCUT2D eigenvalue weighted by molar-refractivity contribution is 0.392. The van der Waals surface area contributed by atoms with Gasteiger partial charge < -0.3 is 15.5 Å². The van der Waals surface area contributed by atoms with Crippen LogP contribution in [0.15, 0.2) is 46.3 Å². The summed E-state index contributed by atoms with van der Waals surface area (Å²) in [6, 6.07) is 10.4. The van der Waals surface area contributed by atoms with Crippen LogP contribution in [0.5, 0.6) is 0 Å². The van der Waals surface area contributed by atoms with Gasteiger partial charge in [0.1, 0.15) is 5.82 Å². The Labute approximate surface area is 202 Å². The maximum atomic E-state index is 14.0. The highest BCUT2D eigenvalue weighted by Crippen LogP contribution is 2.17. The number of halogens is 2. The lowest BCUT2D eigenvalue weighted by atomic mass is 10.1. The maximum Gasteiger partial charge on any atom is 0.191 e.